The molecular formula is C12H17N3O2. The smallest absolute Gasteiger partial charge is 0.317 e. The van der Waals surface area contributed by atoms with Gasteiger partial charge in [0.1, 0.15) is 12.4 Å². The van der Waals surface area contributed by atoms with Crippen molar-refractivity contribution >= 4 is 11.7 Å². The molecule has 2 rings (SSSR count). The number of carbonyl (C=O) groups excluding carboxylic acids is 1. The number of anilines is 1. The molecule has 1 aromatic rings. The van der Waals surface area contributed by atoms with Crippen LogP contribution in [0, 0.1) is 0 Å². The van der Waals surface area contributed by atoms with Crippen LogP contribution >= 0.6 is 0 Å². The maximum atomic E-state index is 11.4. The number of amides is 2. The van der Waals surface area contributed by atoms with Crippen molar-refractivity contribution in [3.8, 4) is 5.75 Å². The maximum absolute atomic E-state index is 11.4. The number of ether oxygens (including phenoxy) is 1. The molecule has 5 heteroatoms. The van der Waals surface area contributed by atoms with E-state index >= 15 is 0 Å². The van der Waals surface area contributed by atoms with Crippen molar-refractivity contribution in [2.75, 3.05) is 32.0 Å². The largest absolute Gasteiger partial charge is 0.490 e. The van der Waals surface area contributed by atoms with Gasteiger partial charge in [-0.2, -0.15) is 0 Å². The first kappa shape index (κ1) is 11.6. The average Bonchev–Trinajstić information content (AvgIpc) is 2.34. The molecule has 1 saturated heterocycles. The zero-order chi connectivity index (χ0) is 12.1. The molecule has 1 aliphatic rings. The Hall–Kier alpha value is -1.91. The van der Waals surface area contributed by atoms with Gasteiger partial charge in [0.25, 0.3) is 0 Å². The molecule has 1 aromatic carbocycles. The van der Waals surface area contributed by atoms with Crippen LogP contribution in [0.3, 0.4) is 0 Å². The molecule has 3 N–H and O–H groups in total. The van der Waals surface area contributed by atoms with Crippen molar-refractivity contribution < 1.29 is 9.53 Å². The van der Waals surface area contributed by atoms with Crippen LogP contribution in [0.5, 0.6) is 5.75 Å². The molecule has 17 heavy (non-hydrogen) atoms. The van der Waals surface area contributed by atoms with Gasteiger partial charge in [0.2, 0.25) is 0 Å². The van der Waals surface area contributed by atoms with Crippen molar-refractivity contribution in [1.29, 1.82) is 0 Å². The molecule has 0 atom stereocenters. The number of carbonyl (C=O) groups is 1. The van der Waals surface area contributed by atoms with Crippen molar-refractivity contribution in [1.82, 2.24) is 10.2 Å². The number of nitrogens with zero attached hydrogens (tertiary/aromatic N) is 1. The number of benzene rings is 1. The minimum absolute atomic E-state index is 0.0131. The number of nitrogens with one attached hydrogen (secondary N) is 1. The molecule has 92 valence electrons. The second-order valence-electron chi connectivity index (χ2n) is 3.96. The van der Waals surface area contributed by atoms with Gasteiger partial charge >= 0.3 is 6.03 Å². The average molecular weight is 235 g/mol. The SMILES string of the molecule is Nc1ccccc1OCCN1CCCNC1=O. The van der Waals surface area contributed by atoms with Gasteiger partial charge in [0.15, 0.2) is 0 Å². The highest BCUT2D eigenvalue weighted by Crippen LogP contribution is 2.19. The molecule has 0 aliphatic carbocycles. The Morgan fingerprint density at radius 1 is 1.41 bits per heavy atom. The molecule has 0 unspecified atom stereocenters. The summed E-state index contributed by atoms with van der Waals surface area (Å²) in [5.41, 5.74) is 6.37. The lowest BCUT2D eigenvalue weighted by Crippen LogP contribution is -2.47. The van der Waals surface area contributed by atoms with E-state index in [0.717, 1.165) is 19.5 Å². The first-order valence-corrected chi connectivity index (χ1v) is 5.77. The summed E-state index contributed by atoms with van der Waals surface area (Å²) in [6, 6.07) is 7.34. The summed E-state index contributed by atoms with van der Waals surface area (Å²) in [5, 5.41) is 2.80. The summed E-state index contributed by atoms with van der Waals surface area (Å²) >= 11 is 0. The Labute approximate surface area is 101 Å². The van der Waals surface area contributed by atoms with Crippen molar-refractivity contribution in [2.45, 2.75) is 6.42 Å². The van der Waals surface area contributed by atoms with Gasteiger partial charge in [-0.15, -0.1) is 0 Å². The summed E-state index contributed by atoms with van der Waals surface area (Å²) in [7, 11) is 0. The molecule has 0 radical (unpaired) electrons. The van der Waals surface area contributed by atoms with Gasteiger partial charge in [-0.25, -0.2) is 4.79 Å². The first-order valence-electron chi connectivity index (χ1n) is 5.77. The fourth-order valence-electron chi connectivity index (χ4n) is 1.77. The zero-order valence-corrected chi connectivity index (χ0v) is 9.69. The number of nitrogens with two attached hydrogens (primary N) is 1. The molecule has 0 bridgehead atoms. The molecule has 0 saturated carbocycles. The number of para-hydroxylation sites is 2. The molecule has 0 aromatic heterocycles. The van der Waals surface area contributed by atoms with Gasteiger partial charge in [-0.3, -0.25) is 0 Å². The standard InChI is InChI=1S/C12H17N3O2/c13-10-4-1-2-5-11(10)17-9-8-15-7-3-6-14-12(15)16/h1-2,4-5H,3,6-9,13H2,(H,14,16). The highest BCUT2D eigenvalue weighted by molar-refractivity contribution is 5.74. The van der Waals surface area contributed by atoms with E-state index in [-0.39, 0.29) is 6.03 Å². The number of rotatable bonds is 4. The van der Waals surface area contributed by atoms with E-state index in [1.165, 1.54) is 0 Å². The monoisotopic (exact) mass is 235 g/mol. The van der Waals surface area contributed by atoms with Crippen LogP contribution in [-0.4, -0.2) is 37.2 Å². The predicted octanol–water partition coefficient (Wildman–Crippen LogP) is 1.06. The lowest BCUT2D eigenvalue weighted by Gasteiger charge is -2.27. The molecule has 0 spiro atoms. The Kier molecular flexibility index (Phi) is 3.69. The normalized spacial score (nSPS) is 15.5. The minimum atomic E-state index is -0.0131. The summed E-state index contributed by atoms with van der Waals surface area (Å²) in [6.07, 6.45) is 0.985. The van der Waals surface area contributed by atoms with Gasteiger partial charge in [-0.05, 0) is 18.6 Å². The third kappa shape index (κ3) is 3.03. The Balaban J connectivity index is 1.79. The quantitative estimate of drug-likeness (QED) is 0.767. The summed E-state index contributed by atoms with van der Waals surface area (Å²) < 4.78 is 5.54. The number of nitrogen functional groups attached to an aromatic ring is 1. The minimum Gasteiger partial charge on any atom is -0.490 e. The van der Waals surface area contributed by atoms with Crippen LogP contribution in [-0.2, 0) is 0 Å². The van der Waals surface area contributed by atoms with E-state index in [1.54, 1.807) is 11.0 Å². The first-order chi connectivity index (χ1) is 8.27. The van der Waals surface area contributed by atoms with Crippen LogP contribution in [0.25, 0.3) is 0 Å². The summed E-state index contributed by atoms with van der Waals surface area (Å²) in [5.74, 6) is 0.671. The number of hydrogen-bond donors (Lipinski definition) is 2. The summed E-state index contributed by atoms with van der Waals surface area (Å²) in [6.45, 7) is 2.60. The Morgan fingerprint density at radius 2 is 2.24 bits per heavy atom. The fraction of sp³-hybridized carbons (Fsp3) is 0.417. The Morgan fingerprint density at radius 3 is 3.00 bits per heavy atom. The molecule has 1 heterocycles. The maximum Gasteiger partial charge on any atom is 0.317 e. The van der Waals surface area contributed by atoms with E-state index in [1.807, 2.05) is 18.2 Å². The van der Waals surface area contributed by atoms with Crippen molar-refractivity contribution in [3.63, 3.8) is 0 Å². The second-order valence-corrected chi connectivity index (χ2v) is 3.96. The van der Waals surface area contributed by atoms with Crippen molar-refractivity contribution in [3.05, 3.63) is 24.3 Å². The number of urea groups is 1. The third-order valence-corrected chi connectivity index (χ3v) is 2.71. The van der Waals surface area contributed by atoms with E-state index < -0.39 is 0 Å². The lowest BCUT2D eigenvalue weighted by atomic mass is 10.3. The molecule has 5 nitrogen and oxygen atoms in total. The van der Waals surface area contributed by atoms with Crippen LogP contribution in [0.1, 0.15) is 6.42 Å². The zero-order valence-electron chi connectivity index (χ0n) is 9.69. The van der Waals surface area contributed by atoms with Gasteiger partial charge in [0, 0.05) is 13.1 Å². The van der Waals surface area contributed by atoms with E-state index in [0.29, 0.717) is 24.6 Å². The molecule has 2 amide bonds. The second kappa shape index (κ2) is 5.43. The number of hydrogen-bond acceptors (Lipinski definition) is 3. The molecule has 1 fully saturated rings. The fourth-order valence-corrected chi connectivity index (χ4v) is 1.77. The van der Waals surface area contributed by atoms with Crippen LogP contribution in [0.15, 0.2) is 24.3 Å². The van der Waals surface area contributed by atoms with E-state index in [2.05, 4.69) is 5.32 Å². The summed E-state index contributed by atoms with van der Waals surface area (Å²) in [4.78, 5) is 13.2. The predicted molar refractivity (Wildman–Crippen MR) is 65.9 cm³/mol. The lowest BCUT2D eigenvalue weighted by molar-refractivity contribution is 0.171. The van der Waals surface area contributed by atoms with E-state index in [9.17, 15) is 4.79 Å². The van der Waals surface area contributed by atoms with Gasteiger partial charge in [0.05, 0.1) is 12.2 Å². The Bertz CT molecular complexity index is 395. The third-order valence-electron chi connectivity index (χ3n) is 2.71. The van der Waals surface area contributed by atoms with Gasteiger partial charge < -0.3 is 20.7 Å². The molecular weight excluding hydrogens is 218 g/mol. The van der Waals surface area contributed by atoms with Crippen LogP contribution in [0.4, 0.5) is 10.5 Å². The van der Waals surface area contributed by atoms with Gasteiger partial charge in [-0.1, -0.05) is 12.1 Å². The highest BCUT2D eigenvalue weighted by Gasteiger charge is 2.16. The van der Waals surface area contributed by atoms with Crippen molar-refractivity contribution in [2.24, 2.45) is 0 Å². The van der Waals surface area contributed by atoms with Crippen LogP contribution in [0.2, 0.25) is 0 Å². The topological polar surface area (TPSA) is 67.6 Å². The van der Waals surface area contributed by atoms with Crippen LogP contribution < -0.4 is 15.8 Å². The molecule has 1 aliphatic heterocycles. The highest BCUT2D eigenvalue weighted by atomic mass is 16.5. The van der Waals surface area contributed by atoms with E-state index in [4.69, 9.17) is 10.5 Å².